The molecule has 0 unspecified atom stereocenters. The predicted molar refractivity (Wildman–Crippen MR) is 37.5 cm³/mol. The maximum absolute atomic E-state index is 5.13. The summed E-state index contributed by atoms with van der Waals surface area (Å²) in [5.41, 5.74) is 0. The summed E-state index contributed by atoms with van der Waals surface area (Å²) in [6, 6.07) is 3.56. The molecular weight excluding hydrogens is 128 g/mol. The lowest BCUT2D eigenvalue weighted by molar-refractivity contribution is 0.331. The minimum Gasteiger partial charge on any atom is -0.476 e. The van der Waals surface area contributed by atoms with E-state index in [0.29, 0.717) is 12.5 Å². The summed E-state index contributed by atoms with van der Waals surface area (Å²) in [4.78, 5) is 0. The van der Waals surface area contributed by atoms with Gasteiger partial charge >= 0.3 is 0 Å². The number of hydrogen-bond donors (Lipinski definition) is 0. The Morgan fingerprint density at radius 3 is 3.20 bits per heavy atom. The lowest BCUT2D eigenvalue weighted by atomic mass is 10.5. The first-order chi connectivity index (χ1) is 4.93. The standard InChI is InChI=1S/C7H9N2O/c1-2-6-10-7-4-3-5-8-9-7/h2-5H,6H2,1H3. The highest BCUT2D eigenvalue weighted by molar-refractivity contribution is 5.05. The third-order valence-corrected chi connectivity index (χ3v) is 0.946. The van der Waals surface area contributed by atoms with E-state index < -0.39 is 0 Å². The monoisotopic (exact) mass is 137 g/mol. The molecule has 53 valence electrons. The van der Waals surface area contributed by atoms with Crippen molar-refractivity contribution in [2.24, 2.45) is 0 Å². The van der Waals surface area contributed by atoms with Crippen molar-refractivity contribution in [3.8, 4) is 5.88 Å². The van der Waals surface area contributed by atoms with Crippen LogP contribution in [0.1, 0.15) is 6.92 Å². The predicted octanol–water partition coefficient (Wildman–Crippen LogP) is 1.08. The van der Waals surface area contributed by atoms with Crippen LogP contribution in [0.5, 0.6) is 5.88 Å². The van der Waals surface area contributed by atoms with E-state index in [-0.39, 0.29) is 0 Å². The SMILES string of the molecule is C[CH]COc1cccnn1. The van der Waals surface area contributed by atoms with Crippen LogP contribution in [-0.4, -0.2) is 16.8 Å². The van der Waals surface area contributed by atoms with E-state index in [2.05, 4.69) is 10.2 Å². The van der Waals surface area contributed by atoms with E-state index in [1.807, 2.05) is 13.3 Å². The molecule has 3 heteroatoms. The van der Waals surface area contributed by atoms with Gasteiger partial charge in [-0.25, -0.2) is 0 Å². The van der Waals surface area contributed by atoms with Crippen LogP contribution in [0.3, 0.4) is 0 Å². The molecule has 0 saturated carbocycles. The fraction of sp³-hybridized carbons (Fsp3) is 0.286. The Morgan fingerprint density at radius 1 is 1.70 bits per heavy atom. The van der Waals surface area contributed by atoms with Crippen LogP contribution >= 0.6 is 0 Å². The zero-order valence-electron chi connectivity index (χ0n) is 5.82. The van der Waals surface area contributed by atoms with Gasteiger partial charge in [0.2, 0.25) is 5.88 Å². The van der Waals surface area contributed by atoms with Crippen LogP contribution < -0.4 is 4.74 Å². The van der Waals surface area contributed by atoms with Gasteiger partial charge in [0.15, 0.2) is 0 Å². The first-order valence-electron chi connectivity index (χ1n) is 3.12. The Kier molecular flexibility index (Phi) is 2.67. The molecule has 0 aliphatic rings. The van der Waals surface area contributed by atoms with Gasteiger partial charge in [-0.1, -0.05) is 6.92 Å². The maximum atomic E-state index is 5.13. The number of ether oxygens (including phenoxy) is 1. The van der Waals surface area contributed by atoms with Crippen molar-refractivity contribution < 1.29 is 4.74 Å². The molecule has 1 radical (unpaired) electrons. The summed E-state index contributed by atoms with van der Waals surface area (Å²) in [7, 11) is 0. The highest BCUT2D eigenvalue weighted by atomic mass is 16.5. The van der Waals surface area contributed by atoms with Gasteiger partial charge in [-0.3, -0.25) is 0 Å². The molecule has 10 heavy (non-hydrogen) atoms. The summed E-state index contributed by atoms with van der Waals surface area (Å²) in [5.74, 6) is 0.570. The largest absolute Gasteiger partial charge is 0.476 e. The van der Waals surface area contributed by atoms with Gasteiger partial charge in [0.1, 0.15) is 0 Å². The third-order valence-electron chi connectivity index (χ3n) is 0.946. The van der Waals surface area contributed by atoms with Crippen molar-refractivity contribution >= 4 is 0 Å². The van der Waals surface area contributed by atoms with Crippen molar-refractivity contribution in [1.82, 2.24) is 10.2 Å². The van der Waals surface area contributed by atoms with E-state index in [0.717, 1.165) is 0 Å². The smallest absolute Gasteiger partial charge is 0.233 e. The molecule has 0 N–H and O–H groups in total. The number of hydrogen-bond acceptors (Lipinski definition) is 3. The molecule has 1 heterocycles. The Hall–Kier alpha value is -1.12. The maximum Gasteiger partial charge on any atom is 0.233 e. The average Bonchev–Trinajstić information content (AvgIpc) is 2.03. The van der Waals surface area contributed by atoms with Crippen LogP contribution in [0.2, 0.25) is 0 Å². The molecule has 1 aromatic rings. The molecule has 0 fully saturated rings. The van der Waals surface area contributed by atoms with Gasteiger partial charge in [0, 0.05) is 12.3 Å². The van der Waals surface area contributed by atoms with Gasteiger partial charge in [-0.15, -0.1) is 5.10 Å². The first kappa shape index (κ1) is 6.99. The van der Waals surface area contributed by atoms with Crippen molar-refractivity contribution in [3.63, 3.8) is 0 Å². The molecule has 0 amide bonds. The third kappa shape index (κ3) is 2.01. The van der Waals surface area contributed by atoms with E-state index in [4.69, 9.17) is 4.74 Å². The second-order valence-electron chi connectivity index (χ2n) is 1.78. The van der Waals surface area contributed by atoms with Gasteiger partial charge < -0.3 is 4.74 Å². The van der Waals surface area contributed by atoms with Gasteiger partial charge in [0.25, 0.3) is 0 Å². The van der Waals surface area contributed by atoms with Gasteiger partial charge in [-0.2, -0.15) is 5.10 Å². The van der Waals surface area contributed by atoms with E-state index >= 15 is 0 Å². The molecule has 0 atom stereocenters. The Balaban J connectivity index is 2.43. The minimum absolute atomic E-state index is 0.570. The Labute approximate surface area is 60.0 Å². The number of nitrogens with zero attached hydrogens (tertiary/aromatic N) is 2. The van der Waals surface area contributed by atoms with Gasteiger partial charge in [-0.05, 0) is 12.5 Å². The van der Waals surface area contributed by atoms with Crippen LogP contribution in [0, 0.1) is 6.42 Å². The van der Waals surface area contributed by atoms with Crippen LogP contribution in [-0.2, 0) is 0 Å². The van der Waals surface area contributed by atoms with E-state index in [1.54, 1.807) is 18.3 Å². The van der Waals surface area contributed by atoms with Crippen LogP contribution in [0.4, 0.5) is 0 Å². The molecule has 3 nitrogen and oxygen atoms in total. The summed E-state index contributed by atoms with van der Waals surface area (Å²) in [5, 5.41) is 7.37. The quantitative estimate of drug-likeness (QED) is 0.625. The molecule has 0 bridgehead atoms. The normalized spacial score (nSPS) is 9.30. The van der Waals surface area contributed by atoms with Crippen LogP contribution in [0.15, 0.2) is 18.3 Å². The summed E-state index contributed by atoms with van der Waals surface area (Å²) in [6.07, 6.45) is 3.52. The lowest BCUT2D eigenvalue weighted by Gasteiger charge is -1.99. The van der Waals surface area contributed by atoms with Crippen molar-refractivity contribution in [1.29, 1.82) is 0 Å². The molecule has 0 saturated heterocycles. The van der Waals surface area contributed by atoms with Crippen LogP contribution in [0.25, 0.3) is 0 Å². The molecule has 1 aromatic heterocycles. The Morgan fingerprint density at radius 2 is 2.60 bits per heavy atom. The highest BCUT2D eigenvalue weighted by Crippen LogP contribution is 2.00. The second kappa shape index (κ2) is 3.82. The molecule has 0 aromatic carbocycles. The summed E-state index contributed by atoms with van der Waals surface area (Å²) < 4.78 is 5.13. The van der Waals surface area contributed by atoms with Crippen molar-refractivity contribution in [3.05, 3.63) is 24.8 Å². The molecule has 0 aliphatic heterocycles. The topological polar surface area (TPSA) is 35.0 Å². The number of rotatable bonds is 3. The summed E-state index contributed by atoms with van der Waals surface area (Å²) in [6.45, 7) is 2.51. The van der Waals surface area contributed by atoms with E-state index in [1.165, 1.54) is 0 Å². The summed E-state index contributed by atoms with van der Waals surface area (Å²) >= 11 is 0. The zero-order chi connectivity index (χ0) is 7.23. The molecular formula is C7H9N2O. The fourth-order valence-electron chi connectivity index (χ4n) is 0.533. The van der Waals surface area contributed by atoms with Crippen molar-refractivity contribution in [2.75, 3.05) is 6.61 Å². The fourth-order valence-corrected chi connectivity index (χ4v) is 0.533. The Bertz CT molecular complexity index is 176. The number of aromatic nitrogens is 2. The van der Waals surface area contributed by atoms with Gasteiger partial charge in [0.05, 0.1) is 6.61 Å². The average molecular weight is 137 g/mol. The molecule has 1 rings (SSSR count). The zero-order valence-corrected chi connectivity index (χ0v) is 5.82. The minimum atomic E-state index is 0.570. The van der Waals surface area contributed by atoms with E-state index in [9.17, 15) is 0 Å². The molecule has 0 spiro atoms. The second-order valence-corrected chi connectivity index (χ2v) is 1.78. The van der Waals surface area contributed by atoms with Crippen molar-refractivity contribution in [2.45, 2.75) is 6.92 Å². The first-order valence-corrected chi connectivity index (χ1v) is 3.12. The molecule has 0 aliphatic carbocycles. The highest BCUT2D eigenvalue weighted by Gasteiger charge is 1.89. The lowest BCUT2D eigenvalue weighted by Crippen LogP contribution is -1.97.